The van der Waals surface area contributed by atoms with Gasteiger partial charge >= 0.3 is 12.2 Å². The molecule has 0 aliphatic carbocycles. The van der Waals surface area contributed by atoms with E-state index in [1.165, 1.54) is 17.4 Å². The van der Waals surface area contributed by atoms with Crippen LogP contribution in [-0.2, 0) is 17.4 Å². The largest absolute Gasteiger partial charge is 0.416 e. The number of likely N-dealkylation sites (tertiary alicyclic amines) is 1. The number of urea groups is 1. The van der Waals surface area contributed by atoms with Crippen LogP contribution in [0.25, 0.3) is 0 Å². The summed E-state index contributed by atoms with van der Waals surface area (Å²) in [6.07, 6.45) is -2.97. The Balaban J connectivity index is 1.59. The first-order chi connectivity index (χ1) is 14.7. The lowest BCUT2D eigenvalue weighted by molar-refractivity contribution is -0.137. The van der Waals surface area contributed by atoms with Crippen molar-refractivity contribution in [3.63, 3.8) is 0 Å². The molecule has 1 aliphatic heterocycles. The topological polar surface area (TPSA) is 74.3 Å². The maximum Gasteiger partial charge on any atom is 0.416 e. The quantitative estimate of drug-likeness (QED) is 0.702. The predicted octanol–water partition coefficient (Wildman–Crippen LogP) is 4.44. The Morgan fingerprint density at radius 3 is 2.61 bits per heavy atom. The van der Waals surface area contributed by atoms with Crippen LogP contribution < -0.4 is 10.6 Å². The molecular formula is C21H25F3N4O2S. The Kier molecular flexibility index (Phi) is 7.19. The predicted molar refractivity (Wildman–Crippen MR) is 113 cm³/mol. The molecule has 2 N–H and O–H groups in total. The fourth-order valence-electron chi connectivity index (χ4n) is 3.50. The van der Waals surface area contributed by atoms with Crippen molar-refractivity contribution in [2.45, 2.75) is 39.3 Å². The number of hydrogen-bond acceptors (Lipinski definition) is 4. The zero-order valence-electron chi connectivity index (χ0n) is 17.4. The standard InChI is InChI=1S/C21H25F3N4O2S/c1-3-25-20(30)28-9-7-15(8-10-28)18(29)27-19-13(2)26-17(31-19)12-14-5-4-6-16(11-14)21(22,23)24/h4-6,11,15H,3,7-10,12H2,1-2H3,(H,25,30)(H,27,29). The molecule has 1 aromatic heterocycles. The summed E-state index contributed by atoms with van der Waals surface area (Å²) in [7, 11) is 0. The molecule has 0 saturated carbocycles. The summed E-state index contributed by atoms with van der Waals surface area (Å²) in [6.45, 7) is 5.22. The highest BCUT2D eigenvalue weighted by molar-refractivity contribution is 7.16. The molecule has 6 nitrogen and oxygen atoms in total. The van der Waals surface area contributed by atoms with Gasteiger partial charge in [-0.15, -0.1) is 11.3 Å². The molecule has 0 unspecified atom stereocenters. The lowest BCUT2D eigenvalue weighted by atomic mass is 9.96. The van der Waals surface area contributed by atoms with Crippen LogP contribution in [0.4, 0.5) is 23.0 Å². The van der Waals surface area contributed by atoms with E-state index in [2.05, 4.69) is 15.6 Å². The number of anilines is 1. The van der Waals surface area contributed by atoms with Gasteiger partial charge in [0.1, 0.15) is 5.00 Å². The molecule has 10 heteroatoms. The van der Waals surface area contributed by atoms with Crippen molar-refractivity contribution in [1.29, 1.82) is 0 Å². The van der Waals surface area contributed by atoms with Crippen LogP contribution in [0, 0.1) is 12.8 Å². The average Bonchev–Trinajstić information content (AvgIpc) is 3.06. The Morgan fingerprint density at radius 1 is 1.26 bits per heavy atom. The molecule has 1 fully saturated rings. The summed E-state index contributed by atoms with van der Waals surface area (Å²) in [5.74, 6) is -0.313. The fraction of sp³-hybridized carbons (Fsp3) is 0.476. The van der Waals surface area contributed by atoms with E-state index >= 15 is 0 Å². The Bertz CT molecular complexity index is 937. The van der Waals surface area contributed by atoms with E-state index in [0.29, 0.717) is 53.7 Å². The first kappa shape index (κ1) is 23.1. The van der Waals surface area contributed by atoms with Gasteiger partial charge in [0, 0.05) is 32.0 Å². The van der Waals surface area contributed by atoms with Crippen molar-refractivity contribution in [2.24, 2.45) is 5.92 Å². The van der Waals surface area contributed by atoms with Gasteiger partial charge in [0.2, 0.25) is 5.91 Å². The third-order valence-corrected chi connectivity index (χ3v) is 6.24. The van der Waals surface area contributed by atoms with Gasteiger partial charge in [-0.3, -0.25) is 4.79 Å². The van der Waals surface area contributed by atoms with Crippen LogP contribution in [0.1, 0.15) is 41.6 Å². The number of benzene rings is 1. The van der Waals surface area contributed by atoms with Gasteiger partial charge in [-0.25, -0.2) is 9.78 Å². The summed E-state index contributed by atoms with van der Waals surface area (Å²) in [5, 5.41) is 6.91. The number of nitrogens with one attached hydrogen (secondary N) is 2. The molecular weight excluding hydrogens is 429 g/mol. The normalized spacial score (nSPS) is 15.1. The Labute approximate surface area is 182 Å². The molecule has 1 aliphatic rings. The number of nitrogens with zero attached hydrogens (tertiary/aromatic N) is 2. The van der Waals surface area contributed by atoms with Gasteiger partial charge in [-0.05, 0) is 38.3 Å². The van der Waals surface area contributed by atoms with Crippen LogP contribution in [0.5, 0.6) is 0 Å². The minimum absolute atomic E-state index is 0.112. The monoisotopic (exact) mass is 454 g/mol. The van der Waals surface area contributed by atoms with Crippen molar-refractivity contribution < 1.29 is 22.8 Å². The van der Waals surface area contributed by atoms with Gasteiger partial charge in [0.25, 0.3) is 0 Å². The third-order valence-electron chi connectivity index (χ3n) is 5.17. The molecule has 0 radical (unpaired) electrons. The molecule has 0 bridgehead atoms. The van der Waals surface area contributed by atoms with Gasteiger partial charge in [-0.2, -0.15) is 13.2 Å². The highest BCUT2D eigenvalue weighted by Gasteiger charge is 2.30. The molecule has 0 atom stereocenters. The molecule has 1 saturated heterocycles. The first-order valence-corrected chi connectivity index (χ1v) is 10.9. The zero-order chi connectivity index (χ0) is 22.6. The summed E-state index contributed by atoms with van der Waals surface area (Å²) in [6, 6.07) is 5.07. The number of amides is 3. The molecule has 168 valence electrons. The second-order valence-electron chi connectivity index (χ2n) is 7.48. The van der Waals surface area contributed by atoms with Gasteiger partial charge in [-0.1, -0.05) is 18.2 Å². The maximum atomic E-state index is 12.9. The van der Waals surface area contributed by atoms with E-state index in [9.17, 15) is 22.8 Å². The van der Waals surface area contributed by atoms with E-state index in [-0.39, 0.29) is 24.3 Å². The van der Waals surface area contributed by atoms with E-state index in [4.69, 9.17) is 0 Å². The van der Waals surface area contributed by atoms with Crippen molar-refractivity contribution in [2.75, 3.05) is 25.0 Å². The van der Waals surface area contributed by atoms with E-state index < -0.39 is 11.7 Å². The Hall–Kier alpha value is -2.62. The van der Waals surface area contributed by atoms with Crippen molar-refractivity contribution in [1.82, 2.24) is 15.2 Å². The SMILES string of the molecule is CCNC(=O)N1CCC(C(=O)Nc2sc(Cc3cccc(C(F)(F)F)c3)nc2C)CC1. The number of carbonyl (C=O) groups excluding carboxylic acids is 2. The number of alkyl halides is 3. The lowest BCUT2D eigenvalue weighted by Gasteiger charge is -2.31. The number of aromatic nitrogens is 1. The van der Waals surface area contributed by atoms with Gasteiger partial charge < -0.3 is 15.5 Å². The van der Waals surface area contributed by atoms with Crippen LogP contribution in [0.2, 0.25) is 0 Å². The smallest absolute Gasteiger partial charge is 0.338 e. The fourth-order valence-corrected chi connectivity index (χ4v) is 4.50. The van der Waals surface area contributed by atoms with Crippen LogP contribution in [0.3, 0.4) is 0 Å². The third kappa shape index (κ3) is 5.96. The molecule has 1 aromatic carbocycles. The number of carbonyl (C=O) groups is 2. The summed E-state index contributed by atoms with van der Waals surface area (Å²) < 4.78 is 38.7. The highest BCUT2D eigenvalue weighted by Crippen LogP contribution is 2.31. The lowest BCUT2D eigenvalue weighted by Crippen LogP contribution is -2.46. The van der Waals surface area contributed by atoms with E-state index in [0.717, 1.165) is 12.1 Å². The highest BCUT2D eigenvalue weighted by atomic mass is 32.1. The number of hydrogen-bond donors (Lipinski definition) is 2. The number of thiazole rings is 1. The summed E-state index contributed by atoms with van der Waals surface area (Å²) in [5.41, 5.74) is 0.463. The summed E-state index contributed by atoms with van der Waals surface area (Å²) >= 11 is 1.27. The van der Waals surface area contributed by atoms with Crippen LogP contribution >= 0.6 is 11.3 Å². The molecule has 0 spiro atoms. The van der Waals surface area contributed by atoms with Gasteiger partial charge in [0.05, 0.1) is 16.3 Å². The number of halogens is 3. The minimum Gasteiger partial charge on any atom is -0.338 e. The van der Waals surface area contributed by atoms with Crippen molar-refractivity contribution >= 4 is 28.3 Å². The summed E-state index contributed by atoms with van der Waals surface area (Å²) in [4.78, 5) is 30.7. The zero-order valence-corrected chi connectivity index (χ0v) is 18.2. The maximum absolute atomic E-state index is 12.9. The van der Waals surface area contributed by atoms with Crippen molar-refractivity contribution in [3.05, 3.63) is 46.1 Å². The molecule has 2 heterocycles. The van der Waals surface area contributed by atoms with E-state index in [1.54, 1.807) is 17.9 Å². The van der Waals surface area contributed by atoms with Gasteiger partial charge in [0.15, 0.2) is 0 Å². The van der Waals surface area contributed by atoms with Crippen molar-refractivity contribution in [3.8, 4) is 0 Å². The molecule has 3 rings (SSSR count). The second-order valence-corrected chi connectivity index (χ2v) is 8.57. The number of rotatable bonds is 5. The molecule has 31 heavy (non-hydrogen) atoms. The first-order valence-electron chi connectivity index (χ1n) is 10.1. The van der Waals surface area contributed by atoms with E-state index in [1.807, 2.05) is 6.92 Å². The molecule has 3 amide bonds. The number of aryl methyl sites for hydroxylation is 1. The average molecular weight is 455 g/mol. The van der Waals surface area contributed by atoms with Crippen LogP contribution in [0.15, 0.2) is 24.3 Å². The molecule has 2 aromatic rings. The van der Waals surface area contributed by atoms with Crippen LogP contribution in [-0.4, -0.2) is 41.5 Å². The number of piperidine rings is 1. The Morgan fingerprint density at radius 2 is 1.97 bits per heavy atom. The second kappa shape index (κ2) is 9.67. The minimum atomic E-state index is -4.39.